The molecule has 1 aromatic carbocycles. The van der Waals surface area contributed by atoms with Gasteiger partial charge in [0.05, 0.1) is 11.6 Å². The van der Waals surface area contributed by atoms with Gasteiger partial charge in [-0.25, -0.2) is 13.8 Å². The number of hydrogen-bond acceptors (Lipinski definition) is 3. The van der Waals surface area contributed by atoms with Crippen LogP contribution in [0.3, 0.4) is 0 Å². The topological polar surface area (TPSA) is 39.9 Å². The van der Waals surface area contributed by atoms with Gasteiger partial charge in [-0.2, -0.15) is 5.26 Å². The van der Waals surface area contributed by atoms with Crippen molar-refractivity contribution in [2.75, 3.05) is 11.4 Å². The maximum Gasteiger partial charge on any atom is 0.166 e. The molecule has 1 aromatic heterocycles. The zero-order valence-corrected chi connectivity index (χ0v) is 11.5. The molecule has 21 heavy (non-hydrogen) atoms. The first kappa shape index (κ1) is 13.5. The van der Waals surface area contributed by atoms with Crippen molar-refractivity contribution in [3.63, 3.8) is 0 Å². The number of aromatic nitrogens is 1. The fourth-order valence-corrected chi connectivity index (χ4v) is 2.85. The van der Waals surface area contributed by atoms with Crippen LogP contribution in [0.2, 0.25) is 0 Å². The summed E-state index contributed by atoms with van der Waals surface area (Å²) in [5.41, 5.74) is 1.72. The van der Waals surface area contributed by atoms with E-state index in [0.29, 0.717) is 18.5 Å². The Morgan fingerprint density at radius 1 is 1.33 bits per heavy atom. The molecule has 0 aliphatic carbocycles. The minimum Gasteiger partial charge on any atom is -0.347 e. The molecule has 0 radical (unpaired) electrons. The predicted octanol–water partition coefficient (Wildman–Crippen LogP) is 3.36. The SMILES string of the molecule is CC1c2c(F)cccc2CCN1c1ncc(C#N)cc1F. The summed E-state index contributed by atoms with van der Waals surface area (Å²) in [6.45, 7) is 2.40. The first-order chi connectivity index (χ1) is 10.1. The van der Waals surface area contributed by atoms with Gasteiger partial charge < -0.3 is 4.90 Å². The van der Waals surface area contributed by atoms with E-state index in [1.807, 2.05) is 19.1 Å². The van der Waals surface area contributed by atoms with Gasteiger partial charge in [-0.05, 0) is 31.0 Å². The van der Waals surface area contributed by atoms with E-state index in [2.05, 4.69) is 4.98 Å². The largest absolute Gasteiger partial charge is 0.347 e. The lowest BCUT2D eigenvalue weighted by atomic mass is 9.93. The number of anilines is 1. The zero-order valence-electron chi connectivity index (χ0n) is 11.5. The average molecular weight is 285 g/mol. The van der Waals surface area contributed by atoms with Crippen LogP contribution in [0.15, 0.2) is 30.5 Å². The van der Waals surface area contributed by atoms with Crippen LogP contribution in [0.1, 0.15) is 29.7 Å². The summed E-state index contributed by atoms with van der Waals surface area (Å²) in [5, 5.41) is 8.76. The van der Waals surface area contributed by atoms with E-state index in [1.165, 1.54) is 12.3 Å². The molecular formula is C16H13F2N3. The van der Waals surface area contributed by atoms with Crippen molar-refractivity contribution in [2.45, 2.75) is 19.4 Å². The van der Waals surface area contributed by atoms with Crippen LogP contribution in [0.5, 0.6) is 0 Å². The lowest BCUT2D eigenvalue weighted by Gasteiger charge is -2.36. The number of halogens is 2. The van der Waals surface area contributed by atoms with E-state index in [0.717, 1.165) is 11.6 Å². The summed E-state index contributed by atoms with van der Waals surface area (Å²) in [6.07, 6.45) is 1.97. The molecule has 0 bridgehead atoms. The lowest BCUT2D eigenvalue weighted by molar-refractivity contribution is 0.530. The van der Waals surface area contributed by atoms with E-state index in [9.17, 15) is 8.78 Å². The maximum absolute atomic E-state index is 14.1. The van der Waals surface area contributed by atoms with E-state index in [1.54, 1.807) is 11.0 Å². The number of pyridine rings is 1. The number of nitrogens with zero attached hydrogens (tertiary/aromatic N) is 3. The van der Waals surface area contributed by atoms with Gasteiger partial charge in [0.15, 0.2) is 11.6 Å². The molecule has 1 atom stereocenters. The average Bonchev–Trinajstić information content (AvgIpc) is 2.48. The second-order valence-corrected chi connectivity index (χ2v) is 5.07. The molecule has 1 aliphatic rings. The molecular weight excluding hydrogens is 272 g/mol. The fraction of sp³-hybridized carbons (Fsp3) is 0.250. The van der Waals surface area contributed by atoms with Crippen molar-refractivity contribution in [3.8, 4) is 6.07 Å². The molecule has 0 saturated heterocycles. The van der Waals surface area contributed by atoms with Gasteiger partial charge in [0, 0.05) is 18.3 Å². The summed E-state index contributed by atoms with van der Waals surface area (Å²) in [6, 6.07) is 7.72. The van der Waals surface area contributed by atoms with Crippen molar-refractivity contribution >= 4 is 5.82 Å². The van der Waals surface area contributed by atoms with Crippen molar-refractivity contribution in [1.29, 1.82) is 5.26 Å². The Kier molecular flexibility index (Phi) is 3.30. The Hall–Kier alpha value is -2.48. The van der Waals surface area contributed by atoms with Crippen molar-refractivity contribution in [1.82, 2.24) is 4.98 Å². The molecule has 1 unspecified atom stereocenters. The van der Waals surface area contributed by atoms with E-state index < -0.39 is 5.82 Å². The van der Waals surface area contributed by atoms with Gasteiger partial charge in [0.1, 0.15) is 11.9 Å². The second-order valence-electron chi connectivity index (χ2n) is 5.07. The molecule has 0 spiro atoms. The molecule has 0 saturated carbocycles. The number of rotatable bonds is 1. The second kappa shape index (κ2) is 5.13. The molecule has 5 heteroatoms. The highest BCUT2D eigenvalue weighted by molar-refractivity contribution is 5.49. The Morgan fingerprint density at radius 2 is 2.14 bits per heavy atom. The van der Waals surface area contributed by atoms with Gasteiger partial charge >= 0.3 is 0 Å². The lowest BCUT2D eigenvalue weighted by Crippen LogP contribution is -2.35. The third kappa shape index (κ3) is 2.23. The fourth-order valence-electron chi connectivity index (χ4n) is 2.85. The normalized spacial score (nSPS) is 17.2. The number of hydrogen-bond donors (Lipinski definition) is 0. The van der Waals surface area contributed by atoms with Gasteiger partial charge in [0.25, 0.3) is 0 Å². The molecule has 3 rings (SSSR count). The van der Waals surface area contributed by atoms with E-state index in [4.69, 9.17) is 5.26 Å². The van der Waals surface area contributed by atoms with Crippen LogP contribution in [-0.4, -0.2) is 11.5 Å². The molecule has 2 aromatic rings. The zero-order chi connectivity index (χ0) is 15.0. The maximum atomic E-state index is 14.1. The third-order valence-electron chi connectivity index (χ3n) is 3.87. The molecule has 1 aliphatic heterocycles. The Bertz CT molecular complexity index is 737. The van der Waals surface area contributed by atoms with E-state index in [-0.39, 0.29) is 23.2 Å². The standard InChI is InChI=1S/C16H13F2N3/c1-10-15-12(3-2-4-13(15)17)5-6-21(10)16-14(18)7-11(8-19)9-20-16/h2-4,7,9-10H,5-6H2,1H3. The predicted molar refractivity (Wildman–Crippen MR) is 74.8 cm³/mol. The smallest absolute Gasteiger partial charge is 0.166 e. The number of nitriles is 1. The van der Waals surface area contributed by atoms with Crippen LogP contribution < -0.4 is 4.90 Å². The van der Waals surface area contributed by atoms with Crippen LogP contribution >= 0.6 is 0 Å². The Labute approximate surface area is 121 Å². The summed E-state index contributed by atoms with van der Waals surface area (Å²) < 4.78 is 28.2. The van der Waals surface area contributed by atoms with Gasteiger partial charge in [-0.15, -0.1) is 0 Å². The van der Waals surface area contributed by atoms with E-state index >= 15 is 0 Å². The van der Waals surface area contributed by atoms with Gasteiger partial charge in [0.2, 0.25) is 0 Å². The minimum absolute atomic E-state index is 0.162. The molecule has 3 nitrogen and oxygen atoms in total. The quantitative estimate of drug-likeness (QED) is 0.806. The Balaban J connectivity index is 2.03. The number of fused-ring (bicyclic) bond motifs is 1. The van der Waals surface area contributed by atoms with Crippen molar-refractivity contribution in [2.24, 2.45) is 0 Å². The molecule has 106 valence electrons. The summed E-state index contributed by atoms with van der Waals surface area (Å²) in [5.74, 6) is -0.671. The van der Waals surface area contributed by atoms with Crippen LogP contribution in [-0.2, 0) is 6.42 Å². The van der Waals surface area contributed by atoms with Gasteiger partial charge in [-0.1, -0.05) is 12.1 Å². The highest BCUT2D eigenvalue weighted by atomic mass is 19.1. The summed E-state index contributed by atoms with van der Waals surface area (Å²) in [7, 11) is 0. The van der Waals surface area contributed by atoms with Crippen LogP contribution in [0, 0.1) is 23.0 Å². The molecule has 0 fully saturated rings. The molecule has 0 N–H and O–H groups in total. The van der Waals surface area contributed by atoms with Crippen molar-refractivity contribution < 1.29 is 8.78 Å². The number of benzene rings is 1. The molecule has 2 heterocycles. The minimum atomic E-state index is -0.555. The van der Waals surface area contributed by atoms with Gasteiger partial charge in [-0.3, -0.25) is 0 Å². The summed E-state index contributed by atoms with van der Waals surface area (Å²) >= 11 is 0. The van der Waals surface area contributed by atoms with Crippen LogP contribution in [0.25, 0.3) is 0 Å². The third-order valence-corrected chi connectivity index (χ3v) is 3.87. The summed E-state index contributed by atoms with van der Waals surface area (Å²) in [4.78, 5) is 5.77. The Morgan fingerprint density at radius 3 is 2.86 bits per heavy atom. The van der Waals surface area contributed by atoms with Crippen molar-refractivity contribution in [3.05, 3.63) is 58.8 Å². The first-order valence-electron chi connectivity index (χ1n) is 6.71. The molecule has 0 amide bonds. The highest BCUT2D eigenvalue weighted by Gasteiger charge is 2.29. The first-order valence-corrected chi connectivity index (χ1v) is 6.71. The highest BCUT2D eigenvalue weighted by Crippen LogP contribution is 2.35. The monoisotopic (exact) mass is 285 g/mol. The van der Waals surface area contributed by atoms with Crippen LogP contribution in [0.4, 0.5) is 14.6 Å².